The molecule has 2 saturated heterocycles. The number of hydrogen-bond donors (Lipinski definition) is 0. The maximum absolute atomic E-state index is 12.1. The van der Waals surface area contributed by atoms with E-state index in [2.05, 4.69) is 9.80 Å². The molecule has 0 N–H and O–H groups in total. The van der Waals surface area contributed by atoms with E-state index in [-0.39, 0.29) is 11.6 Å². The number of nitrogens with zero attached hydrogens (tertiary/aromatic N) is 3. The monoisotopic (exact) mass is 363 g/mol. The summed E-state index contributed by atoms with van der Waals surface area (Å²) in [6.07, 6.45) is 6.54. The van der Waals surface area contributed by atoms with Crippen LogP contribution in [0.1, 0.15) is 31.7 Å². The van der Waals surface area contributed by atoms with Crippen LogP contribution in [-0.2, 0) is 4.79 Å². The third-order valence-electron chi connectivity index (χ3n) is 5.00. The lowest BCUT2D eigenvalue weighted by molar-refractivity contribution is -0.384. The Balaban J connectivity index is 1.62. The Labute approximate surface area is 152 Å². The second kappa shape index (κ2) is 7.54. The summed E-state index contributed by atoms with van der Waals surface area (Å²) in [5, 5.41) is 11.4. The van der Waals surface area contributed by atoms with Crippen molar-refractivity contribution in [2.24, 2.45) is 0 Å². The van der Waals surface area contributed by atoms with Crippen molar-refractivity contribution in [1.29, 1.82) is 0 Å². The van der Waals surface area contributed by atoms with Crippen molar-refractivity contribution in [1.82, 2.24) is 9.80 Å². The van der Waals surface area contributed by atoms with E-state index in [1.807, 2.05) is 19.1 Å². The topological polar surface area (TPSA) is 66.7 Å². The first-order valence-corrected chi connectivity index (χ1v) is 9.01. The number of non-ortho nitro benzene ring substituents is 1. The van der Waals surface area contributed by atoms with Gasteiger partial charge in [-0.15, -0.1) is 0 Å². The smallest absolute Gasteiger partial charge is 0.270 e. The quantitative estimate of drug-likeness (QED) is 0.594. The van der Waals surface area contributed by atoms with E-state index in [0.29, 0.717) is 29.1 Å². The molecule has 2 fully saturated rings. The van der Waals surface area contributed by atoms with Crippen LogP contribution in [0.4, 0.5) is 5.69 Å². The molecule has 1 aromatic carbocycles. The number of halogens is 1. The van der Waals surface area contributed by atoms with Gasteiger partial charge in [-0.1, -0.05) is 30.7 Å². The Kier molecular flexibility index (Phi) is 5.39. The second-order valence-corrected chi connectivity index (χ2v) is 7.03. The normalized spacial score (nSPS) is 23.4. The van der Waals surface area contributed by atoms with Gasteiger partial charge < -0.3 is 4.90 Å². The molecule has 0 radical (unpaired) electrons. The third-order valence-corrected chi connectivity index (χ3v) is 5.34. The van der Waals surface area contributed by atoms with Crippen LogP contribution in [0.25, 0.3) is 6.08 Å². The van der Waals surface area contributed by atoms with Gasteiger partial charge in [0.1, 0.15) is 0 Å². The van der Waals surface area contributed by atoms with Crippen molar-refractivity contribution in [3.8, 4) is 0 Å². The summed E-state index contributed by atoms with van der Waals surface area (Å²) >= 11 is 6.12. The first-order chi connectivity index (χ1) is 12.0. The number of rotatable bonds is 5. The maximum Gasteiger partial charge on any atom is 0.270 e. The van der Waals surface area contributed by atoms with Crippen molar-refractivity contribution < 1.29 is 9.72 Å². The molecule has 2 bridgehead atoms. The molecule has 0 spiro atoms. The number of fused-ring (bicyclic) bond motifs is 2. The zero-order chi connectivity index (χ0) is 18.0. The number of nitro groups is 1. The molecule has 25 heavy (non-hydrogen) atoms. The van der Waals surface area contributed by atoms with Crippen molar-refractivity contribution in [3.63, 3.8) is 0 Å². The molecule has 6 nitrogen and oxygen atoms in total. The van der Waals surface area contributed by atoms with Gasteiger partial charge in [-0.05, 0) is 24.5 Å². The second-order valence-electron chi connectivity index (χ2n) is 6.62. The lowest BCUT2D eigenvalue weighted by Gasteiger charge is -2.40. The van der Waals surface area contributed by atoms with E-state index in [1.165, 1.54) is 12.1 Å². The number of nitro benzene ring substituents is 1. The fourth-order valence-electron chi connectivity index (χ4n) is 3.83. The summed E-state index contributed by atoms with van der Waals surface area (Å²) in [6.45, 7) is 4.43. The Morgan fingerprint density at radius 1 is 1.36 bits per heavy atom. The van der Waals surface area contributed by atoms with E-state index in [4.69, 9.17) is 11.6 Å². The van der Waals surface area contributed by atoms with Gasteiger partial charge in [0, 0.05) is 55.3 Å². The predicted molar refractivity (Wildman–Crippen MR) is 97.5 cm³/mol. The fourth-order valence-corrected chi connectivity index (χ4v) is 4.01. The number of likely N-dealkylation sites (tertiary alicyclic amines) is 1. The van der Waals surface area contributed by atoms with Crippen molar-refractivity contribution in [2.75, 3.05) is 19.6 Å². The molecule has 3 rings (SSSR count). The largest absolute Gasteiger partial charge is 0.334 e. The number of hydrogen-bond acceptors (Lipinski definition) is 4. The highest BCUT2D eigenvalue weighted by Crippen LogP contribution is 2.30. The molecule has 0 aromatic heterocycles. The summed E-state index contributed by atoms with van der Waals surface area (Å²) in [7, 11) is 0. The molecule has 7 heteroatoms. The van der Waals surface area contributed by atoms with E-state index < -0.39 is 4.92 Å². The van der Waals surface area contributed by atoms with Crippen LogP contribution in [-0.4, -0.2) is 52.3 Å². The molecular weight excluding hydrogens is 342 g/mol. The minimum atomic E-state index is -0.421. The minimum Gasteiger partial charge on any atom is -0.334 e. The van der Waals surface area contributed by atoms with E-state index in [1.54, 1.807) is 6.07 Å². The van der Waals surface area contributed by atoms with Gasteiger partial charge in [0.05, 0.1) is 4.92 Å². The number of carbonyl (C=O) groups is 1. The molecule has 0 aliphatic carbocycles. The van der Waals surface area contributed by atoms with Crippen LogP contribution < -0.4 is 0 Å². The van der Waals surface area contributed by atoms with Crippen LogP contribution in [0.3, 0.4) is 0 Å². The van der Waals surface area contributed by atoms with Crippen LogP contribution in [0.2, 0.25) is 5.02 Å². The van der Waals surface area contributed by atoms with E-state index in [0.717, 1.165) is 32.5 Å². The highest BCUT2D eigenvalue weighted by atomic mass is 35.5. The predicted octanol–water partition coefficient (Wildman–Crippen LogP) is 3.35. The SMILES string of the molecule is CCC(=O)N1[C@@H]2CC[C@H]1CN(C/C=C/c1cc([N+](=O)[O-])ccc1Cl)C2. The summed E-state index contributed by atoms with van der Waals surface area (Å²) < 4.78 is 0. The van der Waals surface area contributed by atoms with Gasteiger partial charge in [-0.2, -0.15) is 0 Å². The molecular formula is C18H22ClN3O3. The van der Waals surface area contributed by atoms with Crippen molar-refractivity contribution >= 4 is 29.3 Å². The minimum absolute atomic E-state index is 0.0359. The van der Waals surface area contributed by atoms with E-state index in [9.17, 15) is 14.9 Å². The maximum atomic E-state index is 12.1. The number of benzene rings is 1. The lowest BCUT2D eigenvalue weighted by atomic mass is 10.1. The first kappa shape index (κ1) is 17.9. The summed E-state index contributed by atoms with van der Waals surface area (Å²) in [4.78, 5) is 27.0. The summed E-state index contributed by atoms with van der Waals surface area (Å²) in [5.74, 6) is 0.256. The molecule has 2 atom stereocenters. The average Bonchev–Trinajstić information content (AvgIpc) is 2.86. The van der Waals surface area contributed by atoms with Gasteiger partial charge in [0.2, 0.25) is 5.91 Å². The van der Waals surface area contributed by atoms with E-state index >= 15 is 0 Å². The van der Waals surface area contributed by atoms with Crippen LogP contribution >= 0.6 is 11.6 Å². The molecule has 2 heterocycles. The van der Waals surface area contributed by atoms with Crippen LogP contribution in [0.5, 0.6) is 0 Å². The Morgan fingerprint density at radius 3 is 2.64 bits per heavy atom. The van der Waals surface area contributed by atoms with Gasteiger partial charge in [0.15, 0.2) is 0 Å². The van der Waals surface area contributed by atoms with Gasteiger partial charge in [-0.3, -0.25) is 19.8 Å². The van der Waals surface area contributed by atoms with Gasteiger partial charge >= 0.3 is 0 Å². The first-order valence-electron chi connectivity index (χ1n) is 8.63. The number of carbonyl (C=O) groups excluding carboxylic acids is 1. The Morgan fingerprint density at radius 2 is 2.04 bits per heavy atom. The molecule has 2 aliphatic rings. The standard InChI is InChI=1S/C18H22ClN3O3/c1-2-18(23)21-15-5-6-16(21)12-20(11-15)9-3-4-13-10-14(22(24)25)7-8-17(13)19/h3-4,7-8,10,15-16H,2,5-6,9,11-12H2,1H3/b4-3+/t15-,16+. The zero-order valence-electron chi connectivity index (χ0n) is 14.2. The highest BCUT2D eigenvalue weighted by molar-refractivity contribution is 6.32. The lowest BCUT2D eigenvalue weighted by Crippen LogP contribution is -2.55. The highest BCUT2D eigenvalue weighted by Gasteiger charge is 2.41. The van der Waals surface area contributed by atoms with Crippen LogP contribution in [0.15, 0.2) is 24.3 Å². The third kappa shape index (κ3) is 3.85. The van der Waals surface area contributed by atoms with Crippen molar-refractivity contribution in [2.45, 2.75) is 38.3 Å². The van der Waals surface area contributed by atoms with Gasteiger partial charge in [0.25, 0.3) is 5.69 Å². The zero-order valence-corrected chi connectivity index (χ0v) is 15.0. The summed E-state index contributed by atoms with van der Waals surface area (Å²) in [6, 6.07) is 5.08. The molecule has 2 aliphatic heterocycles. The molecule has 0 saturated carbocycles. The molecule has 0 unspecified atom stereocenters. The fraction of sp³-hybridized carbons (Fsp3) is 0.500. The number of piperazine rings is 1. The molecule has 134 valence electrons. The Bertz CT molecular complexity index is 693. The van der Waals surface area contributed by atoms with Crippen molar-refractivity contribution in [3.05, 3.63) is 45.0 Å². The molecule has 1 amide bonds. The number of amides is 1. The summed E-state index contributed by atoms with van der Waals surface area (Å²) in [5.41, 5.74) is 0.687. The van der Waals surface area contributed by atoms with Crippen LogP contribution in [0, 0.1) is 10.1 Å². The Hall–Kier alpha value is -1.92. The average molecular weight is 364 g/mol. The molecule has 1 aromatic rings. The van der Waals surface area contributed by atoms with Gasteiger partial charge in [-0.25, -0.2) is 0 Å².